The second-order valence-electron chi connectivity index (χ2n) is 12.2. The first-order valence-electron chi connectivity index (χ1n) is 16.9. The van der Waals surface area contributed by atoms with Crippen molar-refractivity contribution >= 4 is 60.8 Å². The second kappa shape index (κ2) is 18.5. The highest BCUT2D eigenvalue weighted by Gasteiger charge is 2.23. The number of rotatable bonds is 18. The molecule has 0 amide bonds. The number of thiazole rings is 2. The van der Waals surface area contributed by atoms with Gasteiger partial charge in [-0.3, -0.25) is 0 Å². The zero-order valence-electron chi connectivity index (χ0n) is 29.3. The topological polar surface area (TPSA) is 129 Å². The maximum absolute atomic E-state index is 14.6. The Bertz CT molecular complexity index is 1950. The van der Waals surface area contributed by atoms with Gasteiger partial charge < -0.3 is 30.3 Å². The Morgan fingerprint density at radius 2 is 1.80 bits per heavy atom. The molecule has 14 heteroatoms. The lowest BCUT2D eigenvalue weighted by Gasteiger charge is -2.21. The van der Waals surface area contributed by atoms with E-state index in [1.807, 2.05) is 42.2 Å². The molecule has 3 N–H and O–H groups in total. The minimum Gasteiger partial charge on any atom is -0.491 e. The van der Waals surface area contributed by atoms with Gasteiger partial charge in [0, 0.05) is 17.0 Å². The molecular formula is C37H43FN8O3S2. The van der Waals surface area contributed by atoms with Crippen molar-refractivity contribution in [2.24, 2.45) is 0 Å². The monoisotopic (exact) mass is 730 g/mol. The van der Waals surface area contributed by atoms with E-state index in [9.17, 15) is 14.3 Å². The van der Waals surface area contributed by atoms with Gasteiger partial charge >= 0.3 is 5.97 Å². The van der Waals surface area contributed by atoms with Crippen molar-refractivity contribution in [3.8, 4) is 17.6 Å². The number of aromatic nitrogens is 4. The van der Waals surface area contributed by atoms with Crippen LogP contribution in [0.4, 0.5) is 26.3 Å². The van der Waals surface area contributed by atoms with Crippen LogP contribution in [-0.4, -0.2) is 83.5 Å². The van der Waals surface area contributed by atoms with Gasteiger partial charge in [0.1, 0.15) is 0 Å². The predicted molar refractivity (Wildman–Crippen MR) is 204 cm³/mol. The number of carboxylic acids is 1. The Labute approximate surface area is 305 Å². The number of nitrogens with zero attached hydrogens (tertiary/aromatic N) is 6. The number of unbranched alkanes of at least 4 members (excludes halogenated alkanes) is 3. The number of carbonyl (C=O) groups is 1. The Morgan fingerprint density at radius 3 is 2.53 bits per heavy atom. The number of benzene rings is 2. The van der Waals surface area contributed by atoms with E-state index in [0.29, 0.717) is 53.1 Å². The van der Waals surface area contributed by atoms with Gasteiger partial charge in [-0.2, -0.15) is 0 Å². The smallest absolute Gasteiger partial charge is 0.355 e. The third-order valence-electron chi connectivity index (χ3n) is 7.86. The van der Waals surface area contributed by atoms with E-state index in [1.165, 1.54) is 17.4 Å². The first kappa shape index (κ1) is 37.6. The molecule has 0 bridgehead atoms. The molecule has 268 valence electrons. The van der Waals surface area contributed by atoms with Crippen LogP contribution in [0.2, 0.25) is 0 Å². The van der Waals surface area contributed by atoms with Gasteiger partial charge in [-0.25, -0.2) is 19.2 Å². The molecule has 3 aromatic heterocycles. The molecule has 2 aromatic carbocycles. The summed E-state index contributed by atoms with van der Waals surface area (Å²) in [6.45, 7) is 4.30. The van der Waals surface area contributed by atoms with Crippen molar-refractivity contribution in [1.29, 1.82) is 0 Å². The zero-order chi connectivity index (χ0) is 36.2. The summed E-state index contributed by atoms with van der Waals surface area (Å²) >= 11 is 2.87. The van der Waals surface area contributed by atoms with Gasteiger partial charge in [-0.1, -0.05) is 48.2 Å². The maximum atomic E-state index is 14.6. The summed E-state index contributed by atoms with van der Waals surface area (Å²) in [7, 11) is 5.94. The summed E-state index contributed by atoms with van der Waals surface area (Å²) in [5, 5.41) is 26.7. The first-order valence-corrected chi connectivity index (χ1v) is 18.5. The van der Waals surface area contributed by atoms with Crippen molar-refractivity contribution in [2.45, 2.75) is 45.4 Å². The minimum absolute atomic E-state index is 0.000429. The molecule has 51 heavy (non-hydrogen) atoms. The Hall–Kier alpha value is -4.68. The summed E-state index contributed by atoms with van der Waals surface area (Å²) in [6, 6.07) is 14.5. The molecule has 0 fully saturated rings. The van der Waals surface area contributed by atoms with Crippen LogP contribution in [0.1, 0.15) is 58.6 Å². The third kappa shape index (κ3) is 10.7. The van der Waals surface area contributed by atoms with Crippen molar-refractivity contribution in [2.75, 3.05) is 57.6 Å². The van der Waals surface area contributed by atoms with Crippen LogP contribution in [0.15, 0.2) is 48.5 Å². The molecule has 5 rings (SSSR count). The summed E-state index contributed by atoms with van der Waals surface area (Å²) < 4.78 is 21.4. The molecule has 0 aliphatic heterocycles. The third-order valence-corrected chi connectivity index (χ3v) is 9.95. The summed E-state index contributed by atoms with van der Waals surface area (Å²) in [5.74, 6) is 5.53. The molecule has 0 aliphatic carbocycles. The average Bonchev–Trinajstić information content (AvgIpc) is 3.72. The van der Waals surface area contributed by atoms with Gasteiger partial charge in [-0.15, -0.1) is 21.5 Å². The highest BCUT2D eigenvalue weighted by atomic mass is 32.1. The van der Waals surface area contributed by atoms with Crippen molar-refractivity contribution in [3.05, 3.63) is 76.0 Å². The van der Waals surface area contributed by atoms with E-state index in [2.05, 4.69) is 61.6 Å². The molecule has 0 atom stereocenters. The number of fused-ring (bicyclic) bond motifs is 1. The molecule has 0 unspecified atom stereocenters. The lowest BCUT2D eigenvalue weighted by molar-refractivity contribution is 0.0690. The Morgan fingerprint density at radius 1 is 1.00 bits per heavy atom. The predicted octanol–water partition coefficient (Wildman–Crippen LogP) is 7.27. The van der Waals surface area contributed by atoms with E-state index >= 15 is 0 Å². The second-order valence-corrected chi connectivity index (χ2v) is 14.3. The lowest BCUT2D eigenvalue weighted by Crippen LogP contribution is -2.21. The zero-order valence-corrected chi connectivity index (χ0v) is 31.0. The number of hydrogen-bond donors (Lipinski definition) is 3. The number of carboxylic acid groups (broad SMARTS) is 1. The fourth-order valence-corrected chi connectivity index (χ4v) is 7.24. The quantitative estimate of drug-likeness (QED) is 0.0622. The fourth-order valence-electron chi connectivity index (χ4n) is 5.25. The van der Waals surface area contributed by atoms with Crippen LogP contribution < -0.4 is 20.3 Å². The van der Waals surface area contributed by atoms with Crippen LogP contribution >= 0.6 is 22.7 Å². The van der Waals surface area contributed by atoms with Crippen LogP contribution in [0.5, 0.6) is 5.75 Å². The molecule has 5 aromatic rings. The highest BCUT2D eigenvalue weighted by Crippen LogP contribution is 2.34. The number of ether oxygens (including phenoxy) is 1. The van der Waals surface area contributed by atoms with E-state index in [1.54, 1.807) is 30.5 Å². The highest BCUT2D eigenvalue weighted by molar-refractivity contribution is 7.22. The number of para-hydroxylation sites is 1. The minimum atomic E-state index is -1.10. The number of anilines is 4. The molecule has 0 saturated heterocycles. The number of halogens is 1. The largest absolute Gasteiger partial charge is 0.491 e. The van der Waals surface area contributed by atoms with Crippen molar-refractivity contribution in [1.82, 2.24) is 30.4 Å². The normalized spacial score (nSPS) is 11.1. The van der Waals surface area contributed by atoms with Crippen molar-refractivity contribution < 1.29 is 19.0 Å². The van der Waals surface area contributed by atoms with Crippen molar-refractivity contribution in [3.63, 3.8) is 0 Å². The first-order chi connectivity index (χ1) is 24.7. The standard InChI is InChI=1S/C37H43FN8O3S2/c1-25-23-32(43-44-34(25)42-36-40-28-14-7-8-15-30(28)50-36)46(21-10-6-5-9-20-45(3)4)37-41-33(35(47)48)31(51-37)16-12-22-49-29-18-17-26(24-27(29)38)13-11-19-39-2/h7-8,14-15,17-18,23-24,39H,5-6,9-10,12,16,19-22H2,1-4H3,(H,47,48)(H,40,42,44). The molecule has 0 aliphatic rings. The fraction of sp³-hybridized carbons (Fsp3) is 0.378. The van der Waals surface area contributed by atoms with Gasteiger partial charge in [-0.05, 0) is 102 Å². The molecule has 11 nitrogen and oxygen atoms in total. The van der Waals surface area contributed by atoms with Gasteiger partial charge in [0.2, 0.25) is 0 Å². The number of aromatic carboxylic acids is 1. The summed E-state index contributed by atoms with van der Waals surface area (Å²) in [4.78, 5) is 26.3. The van der Waals surface area contributed by atoms with Gasteiger partial charge in [0.05, 0.1) is 23.4 Å². The Kier molecular flexibility index (Phi) is 13.6. The Balaban J connectivity index is 1.30. The molecule has 0 radical (unpaired) electrons. The molecule has 0 saturated carbocycles. The SMILES string of the molecule is CNCC#Cc1ccc(OCCCc2sc(N(CCCCCCN(C)C)c3cc(C)c(Nc4nc5ccccc5s4)nn3)nc2C(=O)O)c(F)c1. The molecular weight excluding hydrogens is 688 g/mol. The molecule has 3 heterocycles. The van der Waals surface area contributed by atoms with Gasteiger partial charge in [0.25, 0.3) is 0 Å². The van der Waals surface area contributed by atoms with E-state index in [-0.39, 0.29) is 18.1 Å². The summed E-state index contributed by atoms with van der Waals surface area (Å²) in [6.07, 6.45) is 4.94. The van der Waals surface area contributed by atoms with Gasteiger partial charge in [0.15, 0.2) is 39.2 Å². The number of nitrogens with one attached hydrogen (secondary N) is 2. The van der Waals surface area contributed by atoms with Crippen LogP contribution in [0.25, 0.3) is 10.2 Å². The van der Waals surface area contributed by atoms with Crippen LogP contribution in [0, 0.1) is 24.6 Å². The average molecular weight is 731 g/mol. The van der Waals surface area contributed by atoms with Crippen LogP contribution in [0.3, 0.4) is 0 Å². The van der Waals surface area contributed by atoms with E-state index < -0.39 is 11.8 Å². The lowest BCUT2D eigenvalue weighted by atomic mass is 10.2. The van der Waals surface area contributed by atoms with E-state index in [0.717, 1.165) is 53.1 Å². The summed E-state index contributed by atoms with van der Waals surface area (Å²) in [5.41, 5.74) is 2.35. The molecule has 0 spiro atoms. The van der Waals surface area contributed by atoms with E-state index in [4.69, 9.17) is 4.74 Å². The van der Waals surface area contributed by atoms with Crippen LogP contribution in [-0.2, 0) is 6.42 Å². The number of hydrogen-bond acceptors (Lipinski definition) is 12. The number of aryl methyl sites for hydroxylation is 2. The maximum Gasteiger partial charge on any atom is 0.355 e.